The molecule has 1 aromatic rings. The third kappa shape index (κ3) is 2.24. The lowest BCUT2D eigenvalue weighted by Gasteiger charge is -2.04. The van der Waals surface area contributed by atoms with Gasteiger partial charge in [0.25, 0.3) is 0 Å². The van der Waals surface area contributed by atoms with E-state index in [1.165, 1.54) is 0 Å². The van der Waals surface area contributed by atoms with Crippen molar-refractivity contribution in [3.63, 3.8) is 0 Å². The molecule has 0 aliphatic heterocycles. The smallest absolute Gasteiger partial charge is 0.129 e. The molecule has 0 aliphatic rings. The minimum atomic E-state index is 0.407. The molecule has 0 amide bonds. The lowest BCUT2D eigenvalue weighted by molar-refractivity contribution is 0.798. The van der Waals surface area contributed by atoms with E-state index < -0.39 is 0 Å². The second kappa shape index (κ2) is 3.63. The van der Waals surface area contributed by atoms with Gasteiger partial charge in [0.15, 0.2) is 0 Å². The van der Waals surface area contributed by atoms with Crippen LogP contribution in [0.2, 0.25) is 0 Å². The first-order chi connectivity index (χ1) is 5.11. The Morgan fingerprint density at radius 3 is 2.45 bits per heavy atom. The molecule has 0 aliphatic carbocycles. The molecule has 0 aromatic carbocycles. The molecule has 0 unspecified atom stereocenters. The number of nitrogens with zero attached hydrogens (tertiary/aromatic N) is 2. The van der Waals surface area contributed by atoms with Gasteiger partial charge in [-0.25, -0.2) is 4.98 Å². The molecule has 0 saturated carbocycles. The average Bonchev–Trinajstić information content (AvgIpc) is 1.85. The zero-order valence-electron chi connectivity index (χ0n) is 6.31. The Morgan fingerprint density at radius 1 is 1.36 bits per heavy atom. The van der Waals surface area contributed by atoms with E-state index in [1.54, 1.807) is 6.20 Å². The van der Waals surface area contributed by atoms with Crippen molar-refractivity contribution < 1.29 is 0 Å². The summed E-state index contributed by atoms with van der Waals surface area (Å²) >= 11 is 6.59. The summed E-state index contributed by atoms with van der Waals surface area (Å²) in [7, 11) is 0. The second-order valence-electron chi connectivity index (χ2n) is 2.52. The van der Waals surface area contributed by atoms with Gasteiger partial charge in [-0.1, -0.05) is 13.8 Å². The highest BCUT2D eigenvalue weighted by Gasteiger charge is 2.06. The summed E-state index contributed by atoms with van der Waals surface area (Å²) in [6, 6.07) is 0. The van der Waals surface area contributed by atoms with Gasteiger partial charge in [0.05, 0.1) is 11.9 Å². The zero-order chi connectivity index (χ0) is 8.43. The molecule has 1 heterocycles. The molecule has 1 aromatic heterocycles. The maximum absolute atomic E-state index is 4.22. The maximum atomic E-state index is 4.22. The van der Waals surface area contributed by atoms with Gasteiger partial charge < -0.3 is 0 Å². The quantitative estimate of drug-likeness (QED) is 0.789. The fourth-order valence-electron chi connectivity index (χ4n) is 0.743. The Balaban J connectivity index is 3.09. The Bertz CT molecular complexity index is 261. The molecular weight excluding hydrogens is 272 g/mol. The van der Waals surface area contributed by atoms with E-state index >= 15 is 0 Å². The fourth-order valence-corrected chi connectivity index (χ4v) is 2.01. The van der Waals surface area contributed by atoms with Gasteiger partial charge in [-0.15, -0.1) is 0 Å². The number of aromatic nitrogens is 2. The highest BCUT2D eigenvalue weighted by atomic mass is 79.9. The van der Waals surface area contributed by atoms with Crippen LogP contribution in [0.4, 0.5) is 0 Å². The molecule has 0 spiro atoms. The van der Waals surface area contributed by atoms with Crippen LogP contribution in [0.5, 0.6) is 0 Å². The van der Waals surface area contributed by atoms with Crippen molar-refractivity contribution >= 4 is 31.9 Å². The average molecular weight is 280 g/mol. The number of hydrogen-bond donors (Lipinski definition) is 0. The predicted octanol–water partition coefficient (Wildman–Crippen LogP) is 3.13. The van der Waals surface area contributed by atoms with Crippen LogP contribution in [-0.2, 0) is 0 Å². The molecule has 60 valence electrons. The summed E-state index contributed by atoms with van der Waals surface area (Å²) in [6.45, 7) is 4.17. The molecular formula is C7H8Br2N2. The van der Waals surface area contributed by atoms with Crippen molar-refractivity contribution in [3.05, 3.63) is 21.1 Å². The molecule has 1 rings (SSSR count). The van der Waals surface area contributed by atoms with Crippen molar-refractivity contribution in [2.24, 2.45) is 0 Å². The molecule has 0 atom stereocenters. The van der Waals surface area contributed by atoms with Crippen LogP contribution in [0.15, 0.2) is 15.4 Å². The summed E-state index contributed by atoms with van der Waals surface area (Å²) in [5.74, 6) is 0.407. The molecule has 0 saturated heterocycles. The van der Waals surface area contributed by atoms with E-state index in [1.807, 2.05) is 0 Å². The summed E-state index contributed by atoms with van der Waals surface area (Å²) in [5, 5.41) is 0. The van der Waals surface area contributed by atoms with E-state index in [0.29, 0.717) is 5.92 Å². The molecule has 0 fully saturated rings. The van der Waals surface area contributed by atoms with Gasteiger partial charge in [0.1, 0.15) is 9.21 Å². The van der Waals surface area contributed by atoms with E-state index in [0.717, 1.165) is 14.9 Å². The van der Waals surface area contributed by atoms with Crippen LogP contribution >= 0.6 is 31.9 Å². The van der Waals surface area contributed by atoms with Crippen molar-refractivity contribution in [3.8, 4) is 0 Å². The summed E-state index contributed by atoms with van der Waals surface area (Å²) in [6.07, 6.45) is 1.71. The van der Waals surface area contributed by atoms with Crippen LogP contribution in [0.1, 0.15) is 25.5 Å². The normalized spacial score (nSPS) is 10.6. The lowest BCUT2D eigenvalue weighted by atomic mass is 10.1. The van der Waals surface area contributed by atoms with E-state index in [-0.39, 0.29) is 0 Å². The van der Waals surface area contributed by atoms with Crippen molar-refractivity contribution in [2.45, 2.75) is 19.8 Å². The first-order valence-electron chi connectivity index (χ1n) is 3.29. The first kappa shape index (κ1) is 9.13. The minimum absolute atomic E-state index is 0.407. The van der Waals surface area contributed by atoms with Gasteiger partial charge >= 0.3 is 0 Å². The van der Waals surface area contributed by atoms with Gasteiger partial charge in [-0.05, 0) is 37.8 Å². The van der Waals surface area contributed by atoms with Crippen LogP contribution in [0.3, 0.4) is 0 Å². The Labute approximate surface area is 82.7 Å². The Morgan fingerprint density at radius 2 is 2.00 bits per heavy atom. The molecule has 11 heavy (non-hydrogen) atoms. The van der Waals surface area contributed by atoms with Gasteiger partial charge in [0, 0.05) is 0 Å². The first-order valence-corrected chi connectivity index (χ1v) is 4.88. The molecule has 2 nitrogen and oxygen atoms in total. The van der Waals surface area contributed by atoms with Crippen molar-refractivity contribution in [2.75, 3.05) is 0 Å². The highest BCUT2D eigenvalue weighted by molar-refractivity contribution is 9.11. The highest BCUT2D eigenvalue weighted by Crippen LogP contribution is 2.21. The maximum Gasteiger partial charge on any atom is 0.129 e. The monoisotopic (exact) mass is 278 g/mol. The van der Waals surface area contributed by atoms with Crippen LogP contribution in [0, 0.1) is 0 Å². The van der Waals surface area contributed by atoms with Crippen LogP contribution in [-0.4, -0.2) is 9.97 Å². The number of hydrogen-bond acceptors (Lipinski definition) is 2. The van der Waals surface area contributed by atoms with Crippen LogP contribution in [0.25, 0.3) is 0 Å². The van der Waals surface area contributed by atoms with E-state index in [2.05, 4.69) is 55.7 Å². The van der Waals surface area contributed by atoms with Crippen LogP contribution < -0.4 is 0 Å². The van der Waals surface area contributed by atoms with Gasteiger partial charge in [0.2, 0.25) is 0 Å². The minimum Gasteiger partial charge on any atom is -0.255 e. The number of rotatable bonds is 1. The molecule has 0 bridgehead atoms. The van der Waals surface area contributed by atoms with E-state index in [4.69, 9.17) is 0 Å². The van der Waals surface area contributed by atoms with Crippen molar-refractivity contribution in [1.82, 2.24) is 9.97 Å². The number of halogens is 2. The standard InChI is InChI=1S/C7H8Br2N2/c1-4(2)6-7(9)11-5(8)3-10-6/h3-4H,1-2H3. The largest absolute Gasteiger partial charge is 0.255 e. The van der Waals surface area contributed by atoms with Gasteiger partial charge in [-0.3, -0.25) is 4.98 Å². The molecule has 0 N–H and O–H groups in total. The lowest BCUT2D eigenvalue weighted by Crippen LogP contribution is -1.95. The molecule has 0 radical (unpaired) electrons. The summed E-state index contributed by atoms with van der Waals surface area (Å²) < 4.78 is 1.58. The third-order valence-corrected chi connectivity index (χ3v) is 2.24. The fraction of sp³-hybridized carbons (Fsp3) is 0.429. The summed E-state index contributed by atoms with van der Waals surface area (Å²) in [5.41, 5.74) is 0.994. The van der Waals surface area contributed by atoms with Gasteiger partial charge in [-0.2, -0.15) is 0 Å². The third-order valence-electron chi connectivity index (χ3n) is 1.27. The Kier molecular flexibility index (Phi) is 3.01. The summed E-state index contributed by atoms with van der Waals surface area (Å²) in [4.78, 5) is 8.39. The SMILES string of the molecule is CC(C)c1ncc(Br)nc1Br. The predicted molar refractivity (Wildman–Crippen MR) is 51.5 cm³/mol. The van der Waals surface area contributed by atoms with E-state index in [9.17, 15) is 0 Å². The second-order valence-corrected chi connectivity index (χ2v) is 4.09. The Hall–Kier alpha value is 0.0400. The topological polar surface area (TPSA) is 25.8 Å². The molecule has 4 heteroatoms. The van der Waals surface area contributed by atoms with Crippen molar-refractivity contribution in [1.29, 1.82) is 0 Å². The zero-order valence-corrected chi connectivity index (χ0v) is 9.48.